The predicted octanol–water partition coefficient (Wildman–Crippen LogP) is 5.71. The number of nitrogens with one attached hydrogen (secondary N) is 2. The van der Waals surface area contributed by atoms with Crippen molar-refractivity contribution in [3.63, 3.8) is 0 Å². The molecule has 0 radical (unpaired) electrons. The first-order valence-corrected chi connectivity index (χ1v) is 9.38. The van der Waals surface area contributed by atoms with Crippen molar-refractivity contribution in [3.05, 3.63) is 69.3 Å². The molecule has 1 aromatic heterocycles. The Labute approximate surface area is 177 Å². The fourth-order valence-electron chi connectivity index (χ4n) is 2.36. The molecule has 5 nitrogen and oxygen atoms in total. The summed E-state index contributed by atoms with van der Waals surface area (Å²) in [6.07, 6.45) is 1.71. The lowest BCUT2D eigenvalue weighted by Gasteiger charge is -2.10. The molecule has 3 aromatic rings. The Morgan fingerprint density at radius 2 is 1.89 bits per heavy atom. The summed E-state index contributed by atoms with van der Waals surface area (Å²) in [6, 6.07) is 12.8. The lowest BCUT2D eigenvalue weighted by Crippen LogP contribution is -2.19. The molecule has 0 saturated carbocycles. The molecule has 1 heterocycles. The van der Waals surface area contributed by atoms with Gasteiger partial charge in [0.2, 0.25) is 0 Å². The van der Waals surface area contributed by atoms with Crippen molar-refractivity contribution in [1.29, 1.82) is 0 Å². The number of hydrogen-bond donors (Lipinski definition) is 2. The largest absolute Gasteiger partial charge is 0.497 e. The first kappa shape index (κ1) is 19.8. The lowest BCUT2D eigenvalue weighted by atomic mass is 10.2. The van der Waals surface area contributed by atoms with E-state index in [2.05, 4.69) is 15.7 Å². The second kappa shape index (κ2) is 8.80. The molecule has 0 aliphatic heterocycles. The van der Waals surface area contributed by atoms with Gasteiger partial charge in [0.15, 0.2) is 10.9 Å². The van der Waals surface area contributed by atoms with E-state index in [9.17, 15) is 0 Å². The van der Waals surface area contributed by atoms with Gasteiger partial charge in [0, 0.05) is 18.0 Å². The second-order valence-electron chi connectivity index (χ2n) is 5.58. The van der Waals surface area contributed by atoms with Crippen LogP contribution in [0.4, 0.5) is 11.5 Å². The lowest BCUT2D eigenvalue weighted by molar-refractivity contribution is 0.415. The molecule has 0 unspecified atom stereocenters. The quantitative estimate of drug-likeness (QED) is 0.497. The summed E-state index contributed by atoms with van der Waals surface area (Å²) in [7, 11) is 1.61. The number of thiocarbonyl (C=S) groups is 1. The van der Waals surface area contributed by atoms with Crippen molar-refractivity contribution < 1.29 is 4.74 Å². The van der Waals surface area contributed by atoms with Gasteiger partial charge in [-0.2, -0.15) is 5.10 Å². The van der Waals surface area contributed by atoms with E-state index in [-0.39, 0.29) is 0 Å². The van der Waals surface area contributed by atoms with E-state index in [1.807, 2.05) is 30.3 Å². The van der Waals surface area contributed by atoms with Crippen LogP contribution in [-0.2, 0) is 6.54 Å². The minimum atomic E-state index is 0.366. The van der Waals surface area contributed by atoms with Gasteiger partial charge >= 0.3 is 0 Å². The molecule has 0 aliphatic carbocycles. The number of ether oxygens (including phenoxy) is 1. The molecule has 27 heavy (non-hydrogen) atoms. The van der Waals surface area contributed by atoms with Gasteiger partial charge in [0.1, 0.15) is 10.8 Å². The van der Waals surface area contributed by atoms with Gasteiger partial charge in [-0.1, -0.05) is 46.9 Å². The Bertz CT molecular complexity index is 977. The number of anilines is 2. The van der Waals surface area contributed by atoms with Crippen LogP contribution in [0.25, 0.3) is 0 Å². The number of rotatable bonds is 5. The first-order valence-electron chi connectivity index (χ1n) is 7.83. The molecule has 0 fully saturated rings. The summed E-state index contributed by atoms with van der Waals surface area (Å²) in [5.41, 5.74) is 1.74. The molecule has 9 heteroatoms. The zero-order chi connectivity index (χ0) is 19.4. The first-order chi connectivity index (χ1) is 12.9. The third-order valence-electron chi connectivity index (χ3n) is 3.61. The minimum absolute atomic E-state index is 0.366. The molecular formula is C18H15Cl3N4OS. The summed E-state index contributed by atoms with van der Waals surface area (Å²) in [5, 5.41) is 12.3. The monoisotopic (exact) mass is 440 g/mol. The van der Waals surface area contributed by atoms with Crippen LogP contribution in [0.1, 0.15) is 5.56 Å². The Morgan fingerprint density at radius 3 is 2.63 bits per heavy atom. The third-order valence-corrected chi connectivity index (χ3v) is 4.82. The van der Waals surface area contributed by atoms with Crippen LogP contribution in [0.15, 0.2) is 48.7 Å². The number of aromatic nitrogens is 2. The molecule has 2 N–H and O–H groups in total. The number of halogens is 3. The summed E-state index contributed by atoms with van der Waals surface area (Å²) in [4.78, 5) is 0. The van der Waals surface area contributed by atoms with Crippen molar-refractivity contribution in [1.82, 2.24) is 9.78 Å². The molecule has 0 atom stereocenters. The van der Waals surface area contributed by atoms with Crippen LogP contribution in [0.2, 0.25) is 15.1 Å². The third kappa shape index (κ3) is 5.26. The number of methoxy groups -OCH3 is 1. The zero-order valence-corrected chi connectivity index (χ0v) is 17.3. The predicted molar refractivity (Wildman–Crippen MR) is 116 cm³/mol. The van der Waals surface area contributed by atoms with E-state index in [0.717, 1.165) is 17.0 Å². The van der Waals surface area contributed by atoms with E-state index < -0.39 is 0 Å². The maximum atomic E-state index is 6.26. The van der Waals surface area contributed by atoms with Gasteiger partial charge < -0.3 is 15.4 Å². The maximum absolute atomic E-state index is 6.26. The van der Waals surface area contributed by atoms with Crippen LogP contribution < -0.4 is 15.4 Å². The van der Waals surface area contributed by atoms with Crippen molar-refractivity contribution in [2.75, 3.05) is 17.7 Å². The van der Waals surface area contributed by atoms with Crippen molar-refractivity contribution in [3.8, 4) is 5.75 Å². The Kier molecular flexibility index (Phi) is 6.44. The topological polar surface area (TPSA) is 51.1 Å². The highest BCUT2D eigenvalue weighted by atomic mass is 35.5. The summed E-state index contributed by atoms with van der Waals surface area (Å²) < 4.78 is 6.88. The van der Waals surface area contributed by atoms with Gasteiger partial charge in [-0.15, -0.1) is 0 Å². The highest BCUT2D eigenvalue weighted by molar-refractivity contribution is 7.80. The highest BCUT2D eigenvalue weighted by Gasteiger charge is 2.10. The van der Waals surface area contributed by atoms with E-state index in [1.165, 1.54) is 0 Å². The van der Waals surface area contributed by atoms with Crippen LogP contribution in [0, 0.1) is 0 Å². The number of hydrogen-bond acceptors (Lipinski definition) is 3. The molecule has 3 rings (SSSR count). The Morgan fingerprint density at radius 1 is 1.07 bits per heavy atom. The number of benzene rings is 2. The summed E-state index contributed by atoms with van der Waals surface area (Å²) >= 11 is 23.6. The standard InChI is InChI=1S/C18H15Cl3N4OS/c1-26-13-4-2-3-12(8-13)22-18(27)23-17-16(21)10-25(24-17)9-11-5-6-14(19)15(20)7-11/h2-8,10H,9H2,1H3,(H2,22,23,24,27). The normalized spacial score (nSPS) is 10.5. The van der Waals surface area contributed by atoms with Gasteiger partial charge in [-0.25, -0.2) is 0 Å². The fourth-order valence-corrected chi connectivity index (χ4v) is 3.09. The molecule has 0 bridgehead atoms. The van der Waals surface area contributed by atoms with Gasteiger partial charge in [-0.3, -0.25) is 4.68 Å². The molecule has 0 saturated heterocycles. The highest BCUT2D eigenvalue weighted by Crippen LogP contribution is 2.25. The Balaban J connectivity index is 1.66. The zero-order valence-electron chi connectivity index (χ0n) is 14.2. The van der Waals surface area contributed by atoms with Crippen LogP contribution in [-0.4, -0.2) is 22.0 Å². The van der Waals surface area contributed by atoms with Crippen LogP contribution >= 0.6 is 47.0 Å². The van der Waals surface area contributed by atoms with Crippen molar-refractivity contribution in [2.24, 2.45) is 0 Å². The maximum Gasteiger partial charge on any atom is 0.176 e. The summed E-state index contributed by atoms with van der Waals surface area (Å²) in [6.45, 7) is 0.494. The average molecular weight is 442 g/mol. The van der Waals surface area contributed by atoms with Gasteiger partial charge in [0.05, 0.1) is 23.7 Å². The van der Waals surface area contributed by atoms with E-state index in [4.69, 9.17) is 51.8 Å². The SMILES string of the molecule is COc1cccc(NC(=S)Nc2nn(Cc3ccc(Cl)c(Cl)c3)cc2Cl)c1. The Hall–Kier alpha value is -1.99. The average Bonchev–Trinajstić information content (AvgIpc) is 2.97. The molecule has 140 valence electrons. The molecule has 0 aliphatic rings. The smallest absolute Gasteiger partial charge is 0.176 e. The van der Waals surface area contributed by atoms with Gasteiger partial charge in [-0.05, 0) is 42.0 Å². The molecule has 0 amide bonds. The summed E-state index contributed by atoms with van der Waals surface area (Å²) in [5.74, 6) is 1.18. The van der Waals surface area contributed by atoms with Crippen LogP contribution in [0.3, 0.4) is 0 Å². The molecule has 2 aromatic carbocycles. The number of nitrogens with zero attached hydrogens (tertiary/aromatic N) is 2. The van der Waals surface area contributed by atoms with Crippen LogP contribution in [0.5, 0.6) is 5.75 Å². The van der Waals surface area contributed by atoms with E-state index in [1.54, 1.807) is 30.1 Å². The fraction of sp³-hybridized carbons (Fsp3) is 0.111. The van der Waals surface area contributed by atoms with Crippen molar-refractivity contribution >= 4 is 63.6 Å². The van der Waals surface area contributed by atoms with Gasteiger partial charge in [0.25, 0.3) is 0 Å². The van der Waals surface area contributed by atoms with E-state index >= 15 is 0 Å². The minimum Gasteiger partial charge on any atom is -0.497 e. The van der Waals surface area contributed by atoms with E-state index in [0.29, 0.717) is 32.5 Å². The second-order valence-corrected chi connectivity index (χ2v) is 7.21. The molecule has 0 spiro atoms. The van der Waals surface area contributed by atoms with Crippen molar-refractivity contribution in [2.45, 2.75) is 6.54 Å². The molecular weight excluding hydrogens is 427 g/mol.